The van der Waals surface area contributed by atoms with Crippen molar-refractivity contribution in [3.05, 3.63) is 34.9 Å². The van der Waals surface area contributed by atoms with E-state index in [2.05, 4.69) is 30.8 Å². The number of rotatable bonds is 8. The monoisotopic (exact) mass is 310 g/mol. The second-order valence-electron chi connectivity index (χ2n) is 5.08. The molecule has 0 aromatic heterocycles. The number of benzene rings is 1. The number of hydrogen-bond donors (Lipinski definition) is 1. The molecule has 4 nitrogen and oxygen atoms in total. The molecule has 5 heteroatoms. The van der Waals surface area contributed by atoms with Crippen molar-refractivity contribution in [2.45, 2.75) is 13.3 Å². The highest BCUT2D eigenvalue weighted by Gasteiger charge is 2.11. The summed E-state index contributed by atoms with van der Waals surface area (Å²) >= 11 is 6.22. The van der Waals surface area contributed by atoms with Crippen LogP contribution in [0.3, 0.4) is 0 Å². The van der Waals surface area contributed by atoms with E-state index in [4.69, 9.17) is 16.7 Å². The molecule has 1 aromatic carbocycles. The molecular weight excluding hydrogens is 288 g/mol. The molecule has 0 saturated carbocycles. The number of carboxylic acid groups (broad SMARTS) is 1. The van der Waals surface area contributed by atoms with E-state index in [0.29, 0.717) is 5.02 Å². The van der Waals surface area contributed by atoms with Crippen LogP contribution in [0, 0.1) is 0 Å². The van der Waals surface area contributed by atoms with Gasteiger partial charge in [0.15, 0.2) is 0 Å². The van der Waals surface area contributed by atoms with Gasteiger partial charge in [-0.3, -0.25) is 0 Å². The molecule has 0 aliphatic heterocycles. The fourth-order valence-corrected chi connectivity index (χ4v) is 2.38. The van der Waals surface area contributed by atoms with Gasteiger partial charge in [-0.15, -0.1) is 0 Å². The molecule has 0 radical (unpaired) electrons. The summed E-state index contributed by atoms with van der Waals surface area (Å²) in [6.07, 6.45) is 3.72. The van der Waals surface area contributed by atoms with Crippen molar-refractivity contribution in [1.82, 2.24) is 4.90 Å². The maximum absolute atomic E-state index is 10.7. The van der Waals surface area contributed by atoms with Gasteiger partial charge in [0, 0.05) is 35.4 Å². The highest BCUT2D eigenvalue weighted by molar-refractivity contribution is 6.32. The number of aliphatic carboxylic acids is 1. The first-order chi connectivity index (χ1) is 9.95. The van der Waals surface area contributed by atoms with E-state index in [1.165, 1.54) is 0 Å². The van der Waals surface area contributed by atoms with Crippen LogP contribution in [0.15, 0.2) is 24.3 Å². The molecule has 1 N–H and O–H groups in total. The molecule has 21 heavy (non-hydrogen) atoms. The summed E-state index contributed by atoms with van der Waals surface area (Å²) in [5, 5.41) is 9.37. The Morgan fingerprint density at radius 3 is 2.62 bits per heavy atom. The average molecular weight is 311 g/mol. The summed E-state index contributed by atoms with van der Waals surface area (Å²) in [6.45, 7) is 4.85. The van der Waals surface area contributed by atoms with Gasteiger partial charge in [0.2, 0.25) is 0 Å². The van der Waals surface area contributed by atoms with Crippen LogP contribution in [-0.2, 0) is 4.79 Å². The fraction of sp³-hybridized carbons (Fsp3) is 0.438. The predicted octanol–water partition coefficient (Wildman–Crippen LogP) is 3.22. The molecule has 0 amide bonds. The number of carbonyl (C=O) groups is 1. The van der Waals surface area contributed by atoms with Crippen LogP contribution in [0.25, 0.3) is 6.08 Å². The summed E-state index contributed by atoms with van der Waals surface area (Å²) in [7, 11) is 4.10. The summed E-state index contributed by atoms with van der Waals surface area (Å²) in [4.78, 5) is 15.1. The van der Waals surface area contributed by atoms with Crippen molar-refractivity contribution in [2.75, 3.05) is 38.6 Å². The minimum atomic E-state index is -0.975. The van der Waals surface area contributed by atoms with Gasteiger partial charge in [0.1, 0.15) is 0 Å². The highest BCUT2D eigenvalue weighted by atomic mass is 35.5. The second kappa shape index (κ2) is 8.70. The van der Waals surface area contributed by atoms with Gasteiger partial charge in [0.05, 0.1) is 0 Å². The highest BCUT2D eigenvalue weighted by Crippen LogP contribution is 2.29. The van der Waals surface area contributed by atoms with Gasteiger partial charge in [-0.2, -0.15) is 0 Å². The van der Waals surface area contributed by atoms with Crippen LogP contribution in [0.2, 0.25) is 5.02 Å². The normalized spacial score (nSPS) is 11.3. The molecule has 0 aliphatic carbocycles. The smallest absolute Gasteiger partial charge is 0.328 e. The van der Waals surface area contributed by atoms with E-state index in [-0.39, 0.29) is 0 Å². The maximum atomic E-state index is 10.7. The van der Waals surface area contributed by atoms with Crippen LogP contribution < -0.4 is 4.90 Å². The topological polar surface area (TPSA) is 43.8 Å². The van der Waals surface area contributed by atoms with Crippen molar-refractivity contribution in [1.29, 1.82) is 0 Å². The van der Waals surface area contributed by atoms with Gasteiger partial charge in [-0.25, -0.2) is 4.79 Å². The van der Waals surface area contributed by atoms with Crippen molar-refractivity contribution in [2.24, 2.45) is 0 Å². The van der Waals surface area contributed by atoms with E-state index in [1.54, 1.807) is 12.1 Å². The van der Waals surface area contributed by atoms with E-state index < -0.39 is 5.97 Å². The van der Waals surface area contributed by atoms with Crippen molar-refractivity contribution in [3.8, 4) is 0 Å². The zero-order chi connectivity index (χ0) is 15.8. The molecule has 1 aromatic rings. The van der Waals surface area contributed by atoms with Gasteiger partial charge >= 0.3 is 5.97 Å². The quantitative estimate of drug-likeness (QED) is 0.749. The lowest BCUT2D eigenvalue weighted by molar-refractivity contribution is -0.131. The fourth-order valence-electron chi connectivity index (χ4n) is 2.15. The molecule has 0 heterocycles. The lowest BCUT2D eigenvalue weighted by Crippen LogP contribution is -2.27. The van der Waals surface area contributed by atoms with Gasteiger partial charge < -0.3 is 14.9 Å². The van der Waals surface area contributed by atoms with Crippen LogP contribution >= 0.6 is 11.6 Å². The molecule has 0 saturated heterocycles. The Bertz CT molecular complexity index is 501. The molecule has 116 valence electrons. The Morgan fingerprint density at radius 2 is 2.05 bits per heavy atom. The molecule has 0 spiro atoms. The van der Waals surface area contributed by atoms with E-state index in [1.807, 2.05) is 12.1 Å². The minimum Gasteiger partial charge on any atom is -0.478 e. The Labute approximate surface area is 131 Å². The third-order valence-electron chi connectivity index (χ3n) is 3.18. The Kier molecular flexibility index (Phi) is 7.26. The first-order valence-electron chi connectivity index (χ1n) is 7.05. The first kappa shape index (κ1) is 17.5. The summed E-state index contributed by atoms with van der Waals surface area (Å²) in [5.41, 5.74) is 1.73. The Morgan fingerprint density at radius 1 is 1.33 bits per heavy atom. The molecule has 0 fully saturated rings. The van der Waals surface area contributed by atoms with Crippen molar-refractivity contribution >= 4 is 29.3 Å². The van der Waals surface area contributed by atoms with Crippen molar-refractivity contribution < 1.29 is 9.90 Å². The number of nitrogens with zero attached hydrogens (tertiary/aromatic N) is 2. The Hall–Kier alpha value is -1.52. The molecular formula is C16H23ClN2O2. The largest absolute Gasteiger partial charge is 0.478 e. The maximum Gasteiger partial charge on any atom is 0.328 e. The molecule has 0 bridgehead atoms. The number of carboxylic acids is 1. The minimum absolute atomic E-state index is 0.566. The standard InChI is InChI=1S/C16H23ClN2O2/c1-4-19(12-6-11-18(2)3)15-8-5-7-14(17)13(15)9-10-16(20)21/h5,7-10H,4,6,11-12H2,1-3H3,(H,20,21)/b10-9+. The first-order valence-corrected chi connectivity index (χ1v) is 7.42. The number of halogens is 1. The van der Waals surface area contributed by atoms with Crippen LogP contribution in [0.1, 0.15) is 18.9 Å². The molecule has 1 rings (SSSR count). The van der Waals surface area contributed by atoms with Crippen LogP contribution in [-0.4, -0.2) is 49.7 Å². The van der Waals surface area contributed by atoms with E-state index in [9.17, 15) is 4.79 Å². The van der Waals surface area contributed by atoms with Crippen LogP contribution in [0.4, 0.5) is 5.69 Å². The van der Waals surface area contributed by atoms with Gasteiger partial charge in [-0.1, -0.05) is 17.7 Å². The van der Waals surface area contributed by atoms with Gasteiger partial charge in [0.25, 0.3) is 0 Å². The lowest BCUT2D eigenvalue weighted by Gasteiger charge is -2.26. The third-order valence-corrected chi connectivity index (χ3v) is 3.51. The SMILES string of the molecule is CCN(CCCN(C)C)c1cccc(Cl)c1/C=C/C(=O)O. The predicted molar refractivity (Wildman–Crippen MR) is 89.2 cm³/mol. The van der Waals surface area contributed by atoms with E-state index in [0.717, 1.165) is 43.4 Å². The van der Waals surface area contributed by atoms with Gasteiger partial charge in [-0.05, 0) is 52.2 Å². The van der Waals surface area contributed by atoms with Crippen molar-refractivity contribution in [3.63, 3.8) is 0 Å². The lowest BCUT2D eigenvalue weighted by atomic mass is 10.1. The second-order valence-corrected chi connectivity index (χ2v) is 5.49. The molecule has 0 atom stereocenters. The number of hydrogen-bond acceptors (Lipinski definition) is 3. The molecule has 0 unspecified atom stereocenters. The average Bonchev–Trinajstić information content (AvgIpc) is 2.41. The van der Waals surface area contributed by atoms with Crippen LogP contribution in [0.5, 0.6) is 0 Å². The summed E-state index contributed by atoms with van der Waals surface area (Å²) in [6, 6.07) is 5.65. The third kappa shape index (κ3) is 5.78. The Balaban J connectivity index is 2.97. The zero-order valence-corrected chi connectivity index (χ0v) is 13.6. The van der Waals surface area contributed by atoms with E-state index >= 15 is 0 Å². The summed E-state index contributed by atoms with van der Waals surface area (Å²) in [5.74, 6) is -0.975. The number of anilines is 1. The molecule has 0 aliphatic rings. The zero-order valence-electron chi connectivity index (χ0n) is 12.8. The summed E-state index contributed by atoms with van der Waals surface area (Å²) < 4.78 is 0.